The summed E-state index contributed by atoms with van der Waals surface area (Å²) in [6, 6.07) is 21.6. The van der Waals surface area contributed by atoms with Gasteiger partial charge in [0.25, 0.3) is 0 Å². The molecule has 3 aromatic carbocycles. The van der Waals surface area contributed by atoms with Crippen molar-refractivity contribution in [3.8, 4) is 0 Å². The summed E-state index contributed by atoms with van der Waals surface area (Å²) >= 11 is 0. The molecular formula is C25H20N2. The fraction of sp³-hybridized carbons (Fsp3) is 0.0400. The molecule has 2 heteroatoms. The van der Waals surface area contributed by atoms with E-state index in [4.69, 9.17) is 0 Å². The Bertz CT molecular complexity index is 1410. The van der Waals surface area contributed by atoms with Crippen molar-refractivity contribution >= 4 is 49.3 Å². The van der Waals surface area contributed by atoms with Crippen LogP contribution in [0.5, 0.6) is 0 Å². The highest BCUT2D eigenvalue weighted by atomic mass is 15.0. The number of rotatable bonds is 3. The Morgan fingerprint density at radius 1 is 0.778 bits per heavy atom. The van der Waals surface area contributed by atoms with Gasteiger partial charge in [-0.05, 0) is 30.4 Å². The average molecular weight is 348 g/mol. The van der Waals surface area contributed by atoms with E-state index >= 15 is 0 Å². The number of para-hydroxylation sites is 2. The Labute approximate surface area is 157 Å². The summed E-state index contributed by atoms with van der Waals surface area (Å²) in [4.78, 5) is 0. The Hall–Kier alpha value is -3.52. The van der Waals surface area contributed by atoms with Gasteiger partial charge in [0.05, 0.1) is 16.6 Å². The summed E-state index contributed by atoms with van der Waals surface area (Å²) in [5.74, 6) is 0. The highest BCUT2D eigenvalue weighted by Gasteiger charge is 2.18. The van der Waals surface area contributed by atoms with Crippen LogP contribution in [0.1, 0.15) is 0 Å². The standard InChI is InChI=1S/C25H20N2/c1-4-10-17(5-2)27-22-14-9-7-12-20(22)24-23(27)16-15-19-18-11-6-8-13-21(18)26(3)25(19)24/h4-16H,1-2H2,3H3/b17-10+. The van der Waals surface area contributed by atoms with Gasteiger partial charge in [0.2, 0.25) is 0 Å². The predicted octanol–water partition coefficient (Wildman–Crippen LogP) is 6.65. The van der Waals surface area contributed by atoms with E-state index in [-0.39, 0.29) is 0 Å². The van der Waals surface area contributed by atoms with Crippen molar-refractivity contribution < 1.29 is 0 Å². The minimum Gasteiger partial charge on any atom is -0.343 e. The van der Waals surface area contributed by atoms with Gasteiger partial charge in [-0.15, -0.1) is 0 Å². The van der Waals surface area contributed by atoms with Crippen molar-refractivity contribution in [1.29, 1.82) is 0 Å². The fourth-order valence-electron chi connectivity index (χ4n) is 4.36. The molecule has 5 aromatic rings. The number of aryl methyl sites for hydroxylation is 1. The van der Waals surface area contributed by atoms with Gasteiger partial charge >= 0.3 is 0 Å². The SMILES string of the molecule is C=C/C=C(\C=C)n1c2ccccc2c2c3c(ccc21)c1ccccc1n3C. The third-order valence-corrected chi connectivity index (χ3v) is 5.46. The topological polar surface area (TPSA) is 9.86 Å². The quantitative estimate of drug-likeness (QED) is 0.323. The third-order valence-electron chi connectivity index (χ3n) is 5.46. The molecule has 0 fully saturated rings. The van der Waals surface area contributed by atoms with E-state index in [1.165, 1.54) is 43.6 Å². The summed E-state index contributed by atoms with van der Waals surface area (Å²) in [6.45, 7) is 7.89. The van der Waals surface area contributed by atoms with Gasteiger partial charge in [0.15, 0.2) is 0 Å². The first-order valence-electron chi connectivity index (χ1n) is 9.11. The summed E-state index contributed by atoms with van der Waals surface area (Å²) in [7, 11) is 2.16. The van der Waals surface area contributed by atoms with Crippen LogP contribution >= 0.6 is 0 Å². The first-order chi connectivity index (χ1) is 13.3. The Morgan fingerprint density at radius 2 is 1.48 bits per heavy atom. The molecule has 0 radical (unpaired) electrons. The van der Waals surface area contributed by atoms with Crippen LogP contribution in [-0.4, -0.2) is 9.13 Å². The summed E-state index contributed by atoms with van der Waals surface area (Å²) in [6.07, 6.45) is 5.71. The predicted molar refractivity (Wildman–Crippen MR) is 118 cm³/mol. The lowest BCUT2D eigenvalue weighted by Gasteiger charge is -2.08. The molecule has 0 saturated carbocycles. The van der Waals surface area contributed by atoms with Gasteiger partial charge in [-0.2, -0.15) is 0 Å². The van der Waals surface area contributed by atoms with Crippen LogP contribution in [0.3, 0.4) is 0 Å². The van der Waals surface area contributed by atoms with Gasteiger partial charge in [-0.25, -0.2) is 0 Å². The molecule has 0 atom stereocenters. The molecule has 27 heavy (non-hydrogen) atoms. The first kappa shape index (κ1) is 15.7. The Morgan fingerprint density at radius 3 is 2.22 bits per heavy atom. The van der Waals surface area contributed by atoms with Gasteiger partial charge in [0.1, 0.15) is 0 Å². The number of aromatic nitrogens is 2. The molecule has 0 aliphatic rings. The number of hydrogen-bond acceptors (Lipinski definition) is 0. The maximum atomic E-state index is 4.02. The van der Waals surface area contributed by atoms with Crippen LogP contribution in [0.4, 0.5) is 0 Å². The van der Waals surface area contributed by atoms with Gasteiger partial charge in [0, 0.05) is 39.8 Å². The highest BCUT2D eigenvalue weighted by molar-refractivity contribution is 6.25. The molecule has 0 bridgehead atoms. The van der Waals surface area contributed by atoms with Crippen molar-refractivity contribution in [1.82, 2.24) is 9.13 Å². The number of hydrogen-bond donors (Lipinski definition) is 0. The summed E-state index contributed by atoms with van der Waals surface area (Å²) in [5.41, 5.74) is 5.91. The molecule has 0 N–H and O–H groups in total. The van der Waals surface area contributed by atoms with Crippen molar-refractivity contribution in [3.05, 3.63) is 92.0 Å². The Kier molecular flexibility index (Phi) is 3.34. The van der Waals surface area contributed by atoms with Crippen LogP contribution in [0, 0.1) is 0 Å². The van der Waals surface area contributed by atoms with E-state index in [0.29, 0.717) is 0 Å². The number of allylic oxidation sites excluding steroid dienone is 4. The lowest BCUT2D eigenvalue weighted by Crippen LogP contribution is -1.94. The van der Waals surface area contributed by atoms with Gasteiger partial charge in [-0.3, -0.25) is 0 Å². The molecule has 130 valence electrons. The molecular weight excluding hydrogens is 328 g/mol. The molecule has 2 heterocycles. The number of nitrogens with zero attached hydrogens (tertiary/aromatic N) is 2. The molecule has 0 aliphatic carbocycles. The Balaban J connectivity index is 2.10. The maximum Gasteiger partial charge on any atom is 0.0590 e. The molecule has 2 nitrogen and oxygen atoms in total. The minimum atomic E-state index is 1.02. The summed E-state index contributed by atoms with van der Waals surface area (Å²) < 4.78 is 4.59. The van der Waals surface area contributed by atoms with Crippen LogP contribution in [-0.2, 0) is 7.05 Å². The highest BCUT2D eigenvalue weighted by Crippen LogP contribution is 2.39. The van der Waals surface area contributed by atoms with Gasteiger partial charge in [-0.1, -0.05) is 61.7 Å². The largest absolute Gasteiger partial charge is 0.343 e. The first-order valence-corrected chi connectivity index (χ1v) is 9.11. The van der Waals surface area contributed by atoms with Crippen molar-refractivity contribution in [2.75, 3.05) is 0 Å². The smallest absolute Gasteiger partial charge is 0.0590 e. The van der Waals surface area contributed by atoms with E-state index in [1.807, 2.05) is 18.2 Å². The zero-order valence-electron chi connectivity index (χ0n) is 15.3. The lowest BCUT2D eigenvalue weighted by atomic mass is 10.1. The van der Waals surface area contributed by atoms with E-state index in [2.05, 4.69) is 90.0 Å². The molecule has 0 saturated heterocycles. The fourth-order valence-corrected chi connectivity index (χ4v) is 4.36. The van der Waals surface area contributed by atoms with Crippen LogP contribution in [0.25, 0.3) is 49.3 Å². The zero-order valence-corrected chi connectivity index (χ0v) is 15.3. The van der Waals surface area contributed by atoms with E-state index < -0.39 is 0 Å². The maximum absolute atomic E-state index is 4.02. The molecule has 2 aromatic heterocycles. The summed E-state index contributed by atoms with van der Waals surface area (Å²) in [5, 5.41) is 5.11. The minimum absolute atomic E-state index is 1.02. The van der Waals surface area contributed by atoms with E-state index in [9.17, 15) is 0 Å². The third kappa shape index (κ3) is 2.01. The van der Waals surface area contributed by atoms with Gasteiger partial charge < -0.3 is 9.13 Å². The molecule has 0 aliphatic heterocycles. The van der Waals surface area contributed by atoms with Crippen LogP contribution < -0.4 is 0 Å². The average Bonchev–Trinajstić information content (AvgIpc) is 3.19. The van der Waals surface area contributed by atoms with Crippen LogP contribution in [0.15, 0.2) is 92.0 Å². The number of fused-ring (bicyclic) bond motifs is 7. The second-order valence-corrected chi connectivity index (χ2v) is 6.82. The molecule has 0 amide bonds. The molecule has 0 unspecified atom stereocenters. The monoisotopic (exact) mass is 348 g/mol. The van der Waals surface area contributed by atoms with Crippen molar-refractivity contribution in [2.45, 2.75) is 0 Å². The van der Waals surface area contributed by atoms with Crippen molar-refractivity contribution in [2.24, 2.45) is 7.05 Å². The van der Waals surface area contributed by atoms with Crippen molar-refractivity contribution in [3.63, 3.8) is 0 Å². The second-order valence-electron chi connectivity index (χ2n) is 6.82. The molecule has 0 spiro atoms. The second kappa shape index (κ2) is 5.75. The van der Waals surface area contributed by atoms with E-state index in [1.54, 1.807) is 0 Å². The normalized spacial score (nSPS) is 12.4. The molecule has 5 rings (SSSR count). The van der Waals surface area contributed by atoms with E-state index in [0.717, 1.165) is 5.70 Å². The zero-order chi connectivity index (χ0) is 18.5. The number of benzene rings is 3. The lowest BCUT2D eigenvalue weighted by molar-refractivity contribution is 1.02. The van der Waals surface area contributed by atoms with Crippen LogP contribution in [0.2, 0.25) is 0 Å².